The van der Waals surface area contributed by atoms with Crippen LogP contribution in [0, 0.1) is 17.8 Å². The molecule has 3 saturated heterocycles. The SMILES string of the molecule is [B]N(C(=O)C=C1C2CC3CC1CN(C3)C2)c1ccc2ncccc2c1. The summed E-state index contributed by atoms with van der Waals surface area (Å²) < 4.78 is 0. The van der Waals surface area contributed by atoms with Crippen molar-refractivity contribution < 1.29 is 4.79 Å². The Morgan fingerprint density at radius 1 is 1.20 bits per heavy atom. The number of benzene rings is 1. The van der Waals surface area contributed by atoms with Crippen LogP contribution in [0.2, 0.25) is 0 Å². The minimum absolute atomic E-state index is 0.124. The molecule has 1 aliphatic carbocycles. The third kappa shape index (κ3) is 2.58. The van der Waals surface area contributed by atoms with Gasteiger partial charge in [-0.2, -0.15) is 0 Å². The van der Waals surface area contributed by atoms with Crippen molar-refractivity contribution in [1.29, 1.82) is 0 Å². The van der Waals surface area contributed by atoms with Crippen molar-refractivity contribution in [3.63, 3.8) is 0 Å². The Morgan fingerprint density at radius 2 is 2.00 bits per heavy atom. The third-order valence-electron chi connectivity index (χ3n) is 6.04. The molecule has 2 unspecified atom stereocenters. The van der Waals surface area contributed by atoms with Crippen molar-refractivity contribution >= 4 is 30.5 Å². The van der Waals surface area contributed by atoms with Gasteiger partial charge < -0.3 is 9.71 Å². The normalized spacial score (nSPS) is 29.8. The van der Waals surface area contributed by atoms with E-state index in [0.717, 1.165) is 29.9 Å². The van der Waals surface area contributed by atoms with Gasteiger partial charge in [-0.1, -0.05) is 11.6 Å². The van der Waals surface area contributed by atoms with E-state index in [4.69, 9.17) is 7.98 Å². The molecule has 1 saturated carbocycles. The van der Waals surface area contributed by atoms with Crippen LogP contribution in [0.4, 0.5) is 5.69 Å². The molecule has 6 rings (SSSR count). The summed E-state index contributed by atoms with van der Waals surface area (Å²) in [5.74, 6) is 1.79. The van der Waals surface area contributed by atoms with Gasteiger partial charge in [0.1, 0.15) is 0 Å². The molecule has 5 heteroatoms. The van der Waals surface area contributed by atoms with Crippen LogP contribution >= 0.6 is 0 Å². The maximum Gasteiger partial charge on any atom is 0.239 e. The number of hydrogen-bond donors (Lipinski definition) is 0. The van der Waals surface area contributed by atoms with E-state index in [0.29, 0.717) is 17.5 Å². The molecule has 1 aromatic heterocycles. The molecular weight excluding hydrogens is 309 g/mol. The first-order chi connectivity index (χ1) is 12.2. The predicted molar refractivity (Wildman–Crippen MR) is 99.2 cm³/mol. The molecule has 4 aliphatic rings. The summed E-state index contributed by atoms with van der Waals surface area (Å²) in [5, 5.41) is 0.985. The fourth-order valence-electron chi connectivity index (χ4n) is 5.02. The van der Waals surface area contributed by atoms with Crippen LogP contribution in [-0.4, -0.2) is 43.4 Å². The summed E-state index contributed by atoms with van der Waals surface area (Å²) >= 11 is 0. The molecule has 2 atom stereocenters. The van der Waals surface area contributed by atoms with Gasteiger partial charge in [0.15, 0.2) is 0 Å². The lowest BCUT2D eigenvalue weighted by molar-refractivity contribution is -0.113. The van der Waals surface area contributed by atoms with Crippen molar-refractivity contribution in [1.82, 2.24) is 9.88 Å². The fourth-order valence-corrected chi connectivity index (χ4v) is 5.02. The number of piperidine rings is 3. The Bertz CT molecular complexity index is 848. The average Bonchev–Trinajstić information content (AvgIpc) is 2.63. The Hall–Kier alpha value is -2.14. The molecule has 2 aromatic rings. The molecule has 0 spiro atoms. The number of nitrogens with zero attached hydrogens (tertiary/aromatic N) is 3. The Morgan fingerprint density at radius 3 is 2.76 bits per heavy atom. The molecule has 3 aliphatic heterocycles. The van der Waals surface area contributed by atoms with E-state index in [-0.39, 0.29) is 5.91 Å². The number of carbonyl (C=O) groups excluding carboxylic acids is 1. The molecule has 1 aromatic carbocycles. The van der Waals surface area contributed by atoms with Crippen molar-refractivity contribution in [3.8, 4) is 0 Å². The highest BCUT2D eigenvalue weighted by Crippen LogP contribution is 2.46. The smallest absolute Gasteiger partial charge is 0.239 e. The Labute approximate surface area is 148 Å². The number of hydrogen-bond acceptors (Lipinski definition) is 3. The average molecular weight is 329 g/mol. The molecule has 4 fully saturated rings. The van der Waals surface area contributed by atoms with Gasteiger partial charge in [0.2, 0.25) is 13.9 Å². The quantitative estimate of drug-likeness (QED) is 0.628. The highest BCUT2D eigenvalue weighted by molar-refractivity contribution is 6.33. The van der Waals surface area contributed by atoms with Gasteiger partial charge in [-0.25, -0.2) is 0 Å². The number of fused-ring (bicyclic) bond motifs is 1. The van der Waals surface area contributed by atoms with Gasteiger partial charge in [0.05, 0.1) is 5.52 Å². The number of pyridine rings is 1. The largest absolute Gasteiger partial charge is 0.366 e. The lowest BCUT2D eigenvalue weighted by atomic mass is 9.65. The maximum absolute atomic E-state index is 12.8. The van der Waals surface area contributed by atoms with Crippen molar-refractivity contribution in [3.05, 3.63) is 48.2 Å². The molecule has 2 radical (unpaired) electrons. The molecule has 25 heavy (non-hydrogen) atoms. The summed E-state index contributed by atoms with van der Waals surface area (Å²) in [4.78, 5) is 20.9. The molecule has 4 heterocycles. The van der Waals surface area contributed by atoms with Crippen molar-refractivity contribution in [2.75, 3.05) is 24.4 Å². The van der Waals surface area contributed by atoms with Crippen LogP contribution in [0.25, 0.3) is 10.9 Å². The van der Waals surface area contributed by atoms with Crippen LogP contribution in [0.5, 0.6) is 0 Å². The molecule has 1 amide bonds. The van der Waals surface area contributed by atoms with Gasteiger partial charge in [-0.15, -0.1) is 0 Å². The predicted octanol–water partition coefficient (Wildman–Crippen LogP) is 2.55. The van der Waals surface area contributed by atoms with Gasteiger partial charge in [0, 0.05) is 43.0 Å². The van der Waals surface area contributed by atoms with Gasteiger partial charge in [0.25, 0.3) is 0 Å². The number of rotatable bonds is 2. The van der Waals surface area contributed by atoms with Crippen LogP contribution in [0.1, 0.15) is 12.8 Å². The molecule has 0 N–H and O–H groups in total. The standard InChI is InChI=1S/C20H20BN3O/c21-24(17-3-4-19-14(8-17)2-1-5-22-19)20(25)9-18-15-6-13-7-16(18)12-23(10-13)11-15/h1-5,8-9,13,15-16H,6-7,10-12H2. The minimum atomic E-state index is -0.124. The number of aromatic nitrogens is 1. The number of carbonyl (C=O) groups is 1. The van der Waals surface area contributed by atoms with Crippen LogP contribution in [-0.2, 0) is 4.79 Å². The van der Waals surface area contributed by atoms with Crippen LogP contribution < -0.4 is 4.81 Å². The molecule has 4 bridgehead atoms. The second-order valence-corrected chi connectivity index (χ2v) is 7.68. The fraction of sp³-hybridized carbons (Fsp3) is 0.400. The molecular formula is C20H20BN3O. The van der Waals surface area contributed by atoms with E-state index in [2.05, 4.69) is 9.88 Å². The first-order valence-corrected chi connectivity index (χ1v) is 9.05. The van der Waals surface area contributed by atoms with E-state index in [1.165, 1.54) is 29.8 Å². The Kier molecular flexibility index (Phi) is 3.45. The second-order valence-electron chi connectivity index (χ2n) is 7.68. The first kappa shape index (κ1) is 15.1. The maximum atomic E-state index is 12.8. The Balaban J connectivity index is 1.41. The summed E-state index contributed by atoms with van der Waals surface area (Å²) in [6.07, 6.45) is 6.05. The van der Waals surface area contributed by atoms with Crippen molar-refractivity contribution in [2.24, 2.45) is 17.8 Å². The van der Waals surface area contributed by atoms with E-state index in [1.54, 1.807) is 6.20 Å². The van der Waals surface area contributed by atoms with E-state index < -0.39 is 0 Å². The van der Waals surface area contributed by atoms with Crippen LogP contribution in [0.3, 0.4) is 0 Å². The highest BCUT2D eigenvalue weighted by Gasteiger charge is 2.44. The first-order valence-electron chi connectivity index (χ1n) is 9.05. The van der Waals surface area contributed by atoms with E-state index in [9.17, 15) is 4.79 Å². The zero-order valence-electron chi connectivity index (χ0n) is 14.1. The number of anilines is 1. The monoisotopic (exact) mass is 329 g/mol. The van der Waals surface area contributed by atoms with Crippen LogP contribution in [0.15, 0.2) is 48.2 Å². The van der Waals surface area contributed by atoms with Gasteiger partial charge in [-0.05, 0) is 54.9 Å². The zero-order valence-corrected chi connectivity index (χ0v) is 14.1. The third-order valence-corrected chi connectivity index (χ3v) is 6.04. The second kappa shape index (κ2) is 5.70. The lowest BCUT2D eigenvalue weighted by Gasteiger charge is -2.53. The highest BCUT2D eigenvalue weighted by atomic mass is 16.2. The lowest BCUT2D eigenvalue weighted by Crippen LogP contribution is -2.54. The van der Waals surface area contributed by atoms with E-state index >= 15 is 0 Å². The van der Waals surface area contributed by atoms with E-state index in [1.807, 2.05) is 36.4 Å². The topological polar surface area (TPSA) is 36.4 Å². The van der Waals surface area contributed by atoms with Gasteiger partial charge >= 0.3 is 0 Å². The zero-order chi connectivity index (χ0) is 17.0. The summed E-state index contributed by atoms with van der Waals surface area (Å²) in [7, 11) is 6.14. The summed E-state index contributed by atoms with van der Waals surface area (Å²) in [6.45, 7) is 3.47. The number of amides is 1. The van der Waals surface area contributed by atoms with Crippen molar-refractivity contribution in [2.45, 2.75) is 12.8 Å². The van der Waals surface area contributed by atoms with Gasteiger partial charge in [-0.3, -0.25) is 9.78 Å². The summed E-state index contributed by atoms with van der Waals surface area (Å²) in [6, 6.07) is 9.55. The minimum Gasteiger partial charge on any atom is -0.366 e. The molecule has 4 nitrogen and oxygen atoms in total. The molecule has 124 valence electrons. The summed E-state index contributed by atoms with van der Waals surface area (Å²) in [5.41, 5.74) is 2.94.